The van der Waals surface area contributed by atoms with Crippen LogP contribution in [0.25, 0.3) is 0 Å². The molecule has 0 rings (SSSR count). The van der Waals surface area contributed by atoms with E-state index in [0.29, 0.717) is 12.8 Å². The average Bonchev–Trinajstić information content (AvgIpc) is 2.23. The molecule has 116 valence electrons. The van der Waals surface area contributed by atoms with E-state index in [0.717, 1.165) is 32.1 Å². The fourth-order valence-electron chi connectivity index (χ4n) is 2.00. The van der Waals surface area contributed by atoms with Crippen molar-refractivity contribution >= 4 is 0 Å². The summed E-state index contributed by atoms with van der Waals surface area (Å²) in [6.45, 7) is 2.08. The van der Waals surface area contributed by atoms with Gasteiger partial charge in [0, 0.05) is 0 Å². The zero-order valence-electron chi connectivity index (χ0n) is 11.2. The van der Waals surface area contributed by atoms with Gasteiger partial charge in [-0.3, -0.25) is 0 Å². The van der Waals surface area contributed by atoms with Crippen LogP contribution >= 0.6 is 0 Å². The minimum absolute atomic E-state index is 0.0164. The van der Waals surface area contributed by atoms with Crippen molar-refractivity contribution in [3.63, 3.8) is 0 Å². The second kappa shape index (κ2) is 8.69. The maximum absolute atomic E-state index is 12.2. The van der Waals surface area contributed by atoms with E-state index in [9.17, 15) is 26.3 Å². The molecule has 0 N–H and O–H groups in total. The van der Waals surface area contributed by atoms with Gasteiger partial charge in [-0.25, -0.2) is 0 Å². The topological polar surface area (TPSA) is 0 Å². The monoisotopic (exact) mass is 292 g/mol. The Hall–Kier alpha value is -0.420. The van der Waals surface area contributed by atoms with Crippen LogP contribution in [0.4, 0.5) is 26.3 Å². The Kier molecular flexibility index (Phi) is 8.50. The molecule has 0 aliphatic carbocycles. The summed E-state index contributed by atoms with van der Waals surface area (Å²) in [5, 5.41) is 0. The molecule has 19 heavy (non-hydrogen) atoms. The third-order valence-corrected chi connectivity index (χ3v) is 3.14. The molecule has 0 bridgehead atoms. The predicted octanol–water partition coefficient (Wildman–Crippen LogP) is 6.26. The smallest absolute Gasteiger partial charge is 0.170 e. The van der Waals surface area contributed by atoms with E-state index in [4.69, 9.17) is 0 Å². The van der Waals surface area contributed by atoms with Gasteiger partial charge in [-0.1, -0.05) is 58.3 Å². The van der Waals surface area contributed by atoms with Gasteiger partial charge in [0.15, 0.2) is 5.92 Å². The lowest BCUT2D eigenvalue weighted by Gasteiger charge is -2.22. The number of alkyl halides is 6. The van der Waals surface area contributed by atoms with Crippen molar-refractivity contribution in [3.05, 3.63) is 0 Å². The lowest BCUT2D eigenvalue weighted by Crippen LogP contribution is -2.36. The highest BCUT2D eigenvalue weighted by atomic mass is 19.4. The first kappa shape index (κ1) is 18.6. The summed E-state index contributed by atoms with van der Waals surface area (Å²) in [6.07, 6.45) is -4.84. The SMILES string of the molecule is CCCCCCCCCCC(C(F)(F)F)C(F)(F)F. The normalized spacial score (nSPS) is 13.3. The van der Waals surface area contributed by atoms with Gasteiger partial charge in [-0.15, -0.1) is 0 Å². The van der Waals surface area contributed by atoms with E-state index in [1.807, 2.05) is 0 Å². The molecule has 0 amide bonds. The van der Waals surface area contributed by atoms with Crippen LogP contribution in [0.1, 0.15) is 64.7 Å². The van der Waals surface area contributed by atoms with E-state index in [-0.39, 0.29) is 6.42 Å². The minimum atomic E-state index is -5.18. The molecule has 0 spiro atoms. The summed E-state index contributed by atoms with van der Waals surface area (Å²) in [6, 6.07) is 0. The summed E-state index contributed by atoms with van der Waals surface area (Å²) in [7, 11) is 0. The number of hydrogen-bond donors (Lipinski definition) is 0. The van der Waals surface area contributed by atoms with E-state index in [1.54, 1.807) is 0 Å². The van der Waals surface area contributed by atoms with Crippen molar-refractivity contribution in [1.82, 2.24) is 0 Å². The van der Waals surface area contributed by atoms with Gasteiger partial charge in [0.25, 0.3) is 0 Å². The maximum Gasteiger partial charge on any atom is 0.400 e. The molecule has 0 aliphatic rings. The Morgan fingerprint density at radius 2 is 1.00 bits per heavy atom. The van der Waals surface area contributed by atoms with E-state index < -0.39 is 24.7 Å². The molecule has 0 aliphatic heterocycles. The van der Waals surface area contributed by atoms with Crippen molar-refractivity contribution in [2.45, 2.75) is 77.1 Å². The molecule has 0 atom stereocenters. The largest absolute Gasteiger partial charge is 0.400 e. The van der Waals surface area contributed by atoms with Gasteiger partial charge >= 0.3 is 12.4 Å². The van der Waals surface area contributed by atoms with Gasteiger partial charge in [-0.2, -0.15) is 26.3 Å². The summed E-state index contributed by atoms with van der Waals surface area (Å²) in [4.78, 5) is 0. The predicted molar refractivity (Wildman–Crippen MR) is 62.8 cm³/mol. The van der Waals surface area contributed by atoms with Crippen LogP contribution in [0.2, 0.25) is 0 Å². The van der Waals surface area contributed by atoms with Gasteiger partial charge in [0.2, 0.25) is 0 Å². The fraction of sp³-hybridized carbons (Fsp3) is 1.00. The molecule has 0 unspecified atom stereocenters. The first-order valence-corrected chi connectivity index (χ1v) is 6.83. The van der Waals surface area contributed by atoms with Crippen molar-refractivity contribution in [3.8, 4) is 0 Å². The van der Waals surface area contributed by atoms with Crippen LogP contribution in [0.15, 0.2) is 0 Å². The molecule has 0 fully saturated rings. The molecule has 0 aromatic heterocycles. The van der Waals surface area contributed by atoms with Crippen molar-refractivity contribution in [2.24, 2.45) is 5.92 Å². The van der Waals surface area contributed by atoms with Crippen LogP contribution in [-0.2, 0) is 0 Å². The van der Waals surface area contributed by atoms with Gasteiger partial charge in [0.1, 0.15) is 0 Å². The van der Waals surface area contributed by atoms with Crippen LogP contribution in [-0.4, -0.2) is 12.4 Å². The first-order chi connectivity index (χ1) is 8.69. The Labute approximate surface area is 110 Å². The molecule has 0 nitrogen and oxygen atoms in total. The lowest BCUT2D eigenvalue weighted by atomic mass is 9.99. The first-order valence-electron chi connectivity index (χ1n) is 6.83. The van der Waals surface area contributed by atoms with Crippen molar-refractivity contribution < 1.29 is 26.3 Å². The lowest BCUT2D eigenvalue weighted by molar-refractivity contribution is -0.285. The molecule has 0 saturated carbocycles. The van der Waals surface area contributed by atoms with Gasteiger partial charge in [-0.05, 0) is 6.42 Å². The van der Waals surface area contributed by atoms with Gasteiger partial charge < -0.3 is 0 Å². The third kappa shape index (κ3) is 9.16. The number of rotatable bonds is 9. The second-order valence-electron chi connectivity index (χ2n) is 4.90. The van der Waals surface area contributed by atoms with Crippen LogP contribution in [0, 0.1) is 5.92 Å². The highest BCUT2D eigenvalue weighted by Crippen LogP contribution is 2.42. The molecule has 0 radical (unpaired) electrons. The molecular weight excluding hydrogens is 270 g/mol. The van der Waals surface area contributed by atoms with E-state index >= 15 is 0 Å². The zero-order chi connectivity index (χ0) is 14.9. The second-order valence-corrected chi connectivity index (χ2v) is 4.90. The standard InChI is InChI=1S/C13H22F6/c1-2-3-4-5-6-7-8-9-10-11(12(14,15)16)13(17,18)19/h11H,2-10H2,1H3. The highest BCUT2D eigenvalue weighted by molar-refractivity contribution is 4.75. The molecule has 0 saturated heterocycles. The average molecular weight is 292 g/mol. The minimum Gasteiger partial charge on any atom is -0.170 e. The van der Waals surface area contributed by atoms with Crippen LogP contribution < -0.4 is 0 Å². The Balaban J connectivity index is 3.78. The van der Waals surface area contributed by atoms with Gasteiger partial charge in [0.05, 0.1) is 0 Å². The zero-order valence-corrected chi connectivity index (χ0v) is 11.2. The quantitative estimate of drug-likeness (QED) is 0.347. The molecule has 0 heterocycles. The highest BCUT2D eigenvalue weighted by Gasteiger charge is 2.55. The molecule has 0 aromatic carbocycles. The Morgan fingerprint density at radius 1 is 0.632 bits per heavy atom. The molecule has 0 aromatic rings. The summed E-state index contributed by atoms with van der Waals surface area (Å²) in [5.41, 5.74) is 0. The van der Waals surface area contributed by atoms with Crippen LogP contribution in [0.5, 0.6) is 0 Å². The maximum atomic E-state index is 12.2. The van der Waals surface area contributed by atoms with Crippen molar-refractivity contribution in [1.29, 1.82) is 0 Å². The molecular formula is C13H22F6. The van der Waals surface area contributed by atoms with E-state index in [2.05, 4.69) is 6.92 Å². The molecule has 6 heteroatoms. The number of halogens is 6. The van der Waals surface area contributed by atoms with Crippen LogP contribution in [0.3, 0.4) is 0 Å². The van der Waals surface area contributed by atoms with Crippen molar-refractivity contribution in [2.75, 3.05) is 0 Å². The summed E-state index contributed by atoms with van der Waals surface area (Å²) >= 11 is 0. The Morgan fingerprint density at radius 3 is 1.37 bits per heavy atom. The summed E-state index contributed by atoms with van der Waals surface area (Å²) < 4.78 is 73.3. The number of unbranched alkanes of at least 4 members (excludes halogenated alkanes) is 7. The summed E-state index contributed by atoms with van der Waals surface area (Å²) in [5.74, 6) is -3.17. The Bertz CT molecular complexity index is 204. The third-order valence-electron chi connectivity index (χ3n) is 3.14. The van der Waals surface area contributed by atoms with E-state index in [1.165, 1.54) is 0 Å². The fourth-order valence-corrected chi connectivity index (χ4v) is 2.00. The number of hydrogen-bond acceptors (Lipinski definition) is 0.